The van der Waals surface area contributed by atoms with Crippen LogP contribution < -0.4 is 10.6 Å². The number of benzene rings is 1. The summed E-state index contributed by atoms with van der Waals surface area (Å²) in [5.41, 5.74) is 0.833. The van der Waals surface area contributed by atoms with Gasteiger partial charge in [0.1, 0.15) is 22.8 Å². The molecule has 1 aromatic carbocycles. The molecule has 2 atom stereocenters. The summed E-state index contributed by atoms with van der Waals surface area (Å²) in [7, 11) is -4.69. The Morgan fingerprint density at radius 1 is 1.31 bits per heavy atom. The summed E-state index contributed by atoms with van der Waals surface area (Å²) in [6, 6.07) is 6.62. The van der Waals surface area contributed by atoms with Crippen molar-refractivity contribution >= 4 is 36.7 Å². The van der Waals surface area contributed by atoms with Crippen LogP contribution in [0, 0.1) is 0 Å². The van der Waals surface area contributed by atoms with Crippen molar-refractivity contribution in [3.05, 3.63) is 41.4 Å². The minimum Gasteiger partial charge on any atom is -0.449 e. The first kappa shape index (κ1) is 27.0. The van der Waals surface area contributed by atoms with Crippen LogP contribution >= 0.6 is 18.9 Å². The third-order valence-electron chi connectivity index (χ3n) is 5.36. The highest BCUT2D eigenvalue weighted by atomic mass is 32.1. The molecule has 0 radical (unpaired) electrons. The number of amides is 2. The van der Waals surface area contributed by atoms with Gasteiger partial charge in [0.25, 0.3) is 5.91 Å². The zero-order valence-electron chi connectivity index (χ0n) is 19.3. The van der Waals surface area contributed by atoms with Crippen LogP contribution in [-0.2, 0) is 14.1 Å². The van der Waals surface area contributed by atoms with E-state index in [1.54, 1.807) is 0 Å². The SMILES string of the molecule is CCCCOC(=O)N1CCNCC1C(=O)[C@H](CP(=O)(O)O)NC(=O)c1csc(-c2ccccc2)n1. The molecule has 1 aromatic heterocycles. The molecule has 13 heteroatoms. The van der Waals surface area contributed by atoms with Crippen molar-refractivity contribution in [3.8, 4) is 10.6 Å². The van der Waals surface area contributed by atoms with Gasteiger partial charge in [-0.3, -0.25) is 19.1 Å². The zero-order chi connectivity index (χ0) is 25.4. The lowest BCUT2D eigenvalue weighted by atomic mass is 10.0. The number of ether oxygens (including phenoxy) is 1. The number of ketones is 1. The van der Waals surface area contributed by atoms with Gasteiger partial charge in [0, 0.05) is 30.6 Å². The summed E-state index contributed by atoms with van der Waals surface area (Å²) in [5, 5.41) is 7.52. The van der Waals surface area contributed by atoms with E-state index in [2.05, 4.69) is 15.6 Å². The average molecular weight is 525 g/mol. The Morgan fingerprint density at radius 3 is 2.74 bits per heavy atom. The maximum absolute atomic E-state index is 13.3. The van der Waals surface area contributed by atoms with E-state index in [0.717, 1.165) is 12.0 Å². The molecule has 35 heavy (non-hydrogen) atoms. The van der Waals surface area contributed by atoms with Crippen molar-refractivity contribution in [1.29, 1.82) is 0 Å². The first-order valence-corrected chi connectivity index (χ1v) is 13.9. The number of rotatable bonds is 10. The Kier molecular flexibility index (Phi) is 9.53. The molecule has 2 aromatic rings. The lowest BCUT2D eigenvalue weighted by Crippen LogP contribution is -2.61. The zero-order valence-corrected chi connectivity index (χ0v) is 21.0. The number of hydrogen-bond donors (Lipinski definition) is 4. The van der Waals surface area contributed by atoms with Crippen LogP contribution in [0.5, 0.6) is 0 Å². The van der Waals surface area contributed by atoms with Gasteiger partial charge in [-0.1, -0.05) is 43.7 Å². The Labute approximate surface area is 207 Å². The van der Waals surface area contributed by atoms with Crippen LogP contribution in [0.2, 0.25) is 0 Å². The van der Waals surface area contributed by atoms with Crippen molar-refractivity contribution < 1.29 is 33.5 Å². The maximum atomic E-state index is 13.3. The first-order valence-electron chi connectivity index (χ1n) is 11.2. The van der Waals surface area contributed by atoms with E-state index in [4.69, 9.17) is 4.74 Å². The highest BCUT2D eigenvalue weighted by Crippen LogP contribution is 2.35. The molecular weight excluding hydrogens is 495 g/mol. The number of hydrogen-bond acceptors (Lipinski definition) is 8. The number of nitrogens with one attached hydrogen (secondary N) is 2. The Hall–Kier alpha value is -2.63. The molecule has 2 amide bonds. The first-order chi connectivity index (χ1) is 16.7. The fourth-order valence-corrected chi connectivity index (χ4v) is 5.12. The fourth-order valence-electron chi connectivity index (χ4n) is 3.56. The minimum atomic E-state index is -4.69. The van der Waals surface area contributed by atoms with E-state index in [1.807, 2.05) is 37.3 Å². The average Bonchev–Trinajstić information content (AvgIpc) is 3.33. The molecule has 3 rings (SSSR count). The molecule has 1 aliphatic heterocycles. The Balaban J connectivity index is 1.77. The number of unbranched alkanes of at least 4 members (excludes halogenated alkanes) is 1. The number of Topliss-reactive ketones (excluding diaryl/α,β-unsaturated/α-hetero) is 1. The molecule has 11 nitrogen and oxygen atoms in total. The summed E-state index contributed by atoms with van der Waals surface area (Å²) >= 11 is 1.23. The molecule has 1 aliphatic rings. The largest absolute Gasteiger partial charge is 0.449 e. The highest BCUT2D eigenvalue weighted by molar-refractivity contribution is 7.51. The molecule has 0 saturated carbocycles. The van der Waals surface area contributed by atoms with Gasteiger partial charge in [-0.2, -0.15) is 0 Å². The predicted molar refractivity (Wildman–Crippen MR) is 130 cm³/mol. The van der Waals surface area contributed by atoms with E-state index in [1.165, 1.54) is 21.6 Å². The van der Waals surface area contributed by atoms with Gasteiger partial charge < -0.3 is 25.2 Å². The molecule has 1 fully saturated rings. The topological polar surface area (TPSA) is 158 Å². The fraction of sp³-hybridized carbons (Fsp3) is 0.455. The van der Waals surface area contributed by atoms with Gasteiger partial charge in [0.2, 0.25) is 0 Å². The number of thiazole rings is 1. The smallest absolute Gasteiger partial charge is 0.410 e. The summed E-state index contributed by atoms with van der Waals surface area (Å²) in [6.07, 6.45) is -0.0727. The van der Waals surface area contributed by atoms with Crippen LogP contribution in [0.25, 0.3) is 10.6 Å². The van der Waals surface area contributed by atoms with Gasteiger partial charge in [-0.25, -0.2) is 9.78 Å². The summed E-state index contributed by atoms with van der Waals surface area (Å²) in [6.45, 7) is 2.85. The van der Waals surface area contributed by atoms with Crippen molar-refractivity contribution in [3.63, 3.8) is 0 Å². The van der Waals surface area contributed by atoms with Crippen LogP contribution in [0.3, 0.4) is 0 Å². The van der Waals surface area contributed by atoms with E-state index >= 15 is 0 Å². The van der Waals surface area contributed by atoms with E-state index in [0.29, 0.717) is 18.0 Å². The van der Waals surface area contributed by atoms with E-state index in [-0.39, 0.29) is 25.4 Å². The minimum absolute atomic E-state index is 0.0231. The molecule has 4 N–H and O–H groups in total. The van der Waals surface area contributed by atoms with Crippen LogP contribution in [0.4, 0.5) is 4.79 Å². The molecule has 0 bridgehead atoms. The second-order valence-electron chi connectivity index (χ2n) is 8.06. The van der Waals surface area contributed by atoms with Gasteiger partial charge in [0.05, 0.1) is 12.8 Å². The monoisotopic (exact) mass is 524 g/mol. The third-order valence-corrected chi connectivity index (χ3v) is 7.09. The Morgan fingerprint density at radius 2 is 2.06 bits per heavy atom. The molecule has 0 spiro atoms. The molecule has 2 heterocycles. The van der Waals surface area contributed by atoms with Crippen molar-refractivity contribution in [2.75, 3.05) is 32.4 Å². The van der Waals surface area contributed by atoms with Gasteiger partial charge in [-0.05, 0) is 6.42 Å². The predicted octanol–water partition coefficient (Wildman–Crippen LogP) is 1.87. The van der Waals surface area contributed by atoms with Crippen molar-refractivity contribution in [2.24, 2.45) is 0 Å². The number of carbonyl (C=O) groups is 3. The summed E-state index contributed by atoms with van der Waals surface area (Å²) < 4.78 is 17.0. The molecule has 1 unspecified atom stereocenters. The number of nitrogens with zero attached hydrogens (tertiary/aromatic N) is 2. The molecule has 1 saturated heterocycles. The Bertz CT molecular complexity index is 1070. The summed E-state index contributed by atoms with van der Waals surface area (Å²) in [5.74, 6) is -1.43. The second kappa shape index (κ2) is 12.4. The number of piperazine rings is 1. The quantitative estimate of drug-likeness (QED) is 0.269. The third kappa shape index (κ3) is 7.68. The van der Waals surface area contributed by atoms with Gasteiger partial charge >= 0.3 is 13.7 Å². The lowest BCUT2D eigenvalue weighted by Gasteiger charge is -2.36. The molecule has 190 valence electrons. The highest BCUT2D eigenvalue weighted by Gasteiger charge is 2.39. The van der Waals surface area contributed by atoms with Gasteiger partial charge in [-0.15, -0.1) is 11.3 Å². The number of aromatic nitrogens is 1. The van der Waals surface area contributed by atoms with Crippen molar-refractivity contribution in [1.82, 2.24) is 20.5 Å². The second-order valence-corrected chi connectivity index (χ2v) is 10.6. The molecule has 0 aliphatic carbocycles. The van der Waals surface area contributed by atoms with Gasteiger partial charge in [0.15, 0.2) is 5.78 Å². The van der Waals surface area contributed by atoms with Crippen molar-refractivity contribution in [2.45, 2.75) is 31.8 Å². The molecular formula is C22H29N4O7PS. The normalized spacial score (nSPS) is 17.0. The maximum Gasteiger partial charge on any atom is 0.410 e. The van der Waals surface area contributed by atoms with E-state index < -0.39 is 43.6 Å². The van der Waals surface area contributed by atoms with Crippen LogP contribution in [0.1, 0.15) is 30.3 Å². The summed E-state index contributed by atoms with van der Waals surface area (Å²) in [4.78, 5) is 63.4. The lowest BCUT2D eigenvalue weighted by molar-refractivity contribution is -0.125. The van der Waals surface area contributed by atoms with E-state index in [9.17, 15) is 28.7 Å². The van der Waals surface area contributed by atoms with Crippen LogP contribution in [0.15, 0.2) is 35.7 Å². The standard InChI is InChI=1S/C22H29N4O7PS/c1-2-3-11-33-22(29)26-10-9-23-12-18(26)19(27)16(13-34(30,31)32)24-20(28)17-14-35-21(25-17)15-7-5-4-6-8-15/h4-8,14,16,18,23H,2-3,9-13H2,1H3,(H,24,28)(H2,30,31,32)/t16-,18?/m0/s1. The number of carbonyl (C=O) groups excluding carboxylic acids is 3. The van der Waals surface area contributed by atoms with Crippen LogP contribution in [-0.4, -0.2) is 81.9 Å².